The molecular formula is C12H21BrN4. The van der Waals surface area contributed by atoms with Crippen molar-refractivity contribution in [3.05, 3.63) is 11.9 Å². The summed E-state index contributed by atoms with van der Waals surface area (Å²) in [6, 6.07) is 0. The Hall–Kier alpha value is -0.420. The van der Waals surface area contributed by atoms with Crippen molar-refractivity contribution in [3.8, 4) is 0 Å². The first-order valence-electron chi connectivity index (χ1n) is 6.56. The van der Waals surface area contributed by atoms with E-state index in [0.717, 1.165) is 25.2 Å². The molecule has 2 rings (SSSR count). The highest BCUT2D eigenvalue weighted by Crippen LogP contribution is 2.23. The van der Waals surface area contributed by atoms with Crippen LogP contribution in [0.4, 0.5) is 0 Å². The number of piperidine rings is 1. The second kappa shape index (κ2) is 6.50. The normalized spacial score (nSPS) is 19.4. The zero-order valence-corrected chi connectivity index (χ0v) is 12.1. The van der Waals surface area contributed by atoms with Gasteiger partial charge in [0.15, 0.2) is 0 Å². The van der Waals surface area contributed by atoms with Crippen molar-refractivity contribution in [2.45, 2.75) is 44.0 Å². The van der Waals surface area contributed by atoms with Gasteiger partial charge in [-0.15, -0.1) is 5.10 Å². The minimum Gasteiger partial charge on any atom is -0.301 e. The van der Waals surface area contributed by atoms with Crippen LogP contribution >= 0.6 is 15.9 Å². The van der Waals surface area contributed by atoms with Crippen LogP contribution in [0.25, 0.3) is 0 Å². The lowest BCUT2D eigenvalue weighted by Gasteiger charge is -2.25. The van der Waals surface area contributed by atoms with E-state index in [9.17, 15) is 0 Å². The van der Waals surface area contributed by atoms with Crippen molar-refractivity contribution in [2.75, 3.05) is 19.6 Å². The second-order valence-corrected chi connectivity index (χ2v) is 5.79. The summed E-state index contributed by atoms with van der Waals surface area (Å²) in [5.41, 5.74) is 1.05. The highest BCUT2D eigenvalue weighted by Gasteiger charge is 2.12. The van der Waals surface area contributed by atoms with Crippen molar-refractivity contribution in [1.29, 1.82) is 0 Å². The maximum Gasteiger partial charge on any atom is 0.0963 e. The predicted octanol–water partition coefficient (Wildman–Crippen LogP) is 2.61. The van der Waals surface area contributed by atoms with Crippen molar-refractivity contribution < 1.29 is 0 Å². The SMILES string of the molecule is CCC(Br)c1cn(CCN2CCCCC2)nn1. The molecule has 1 atom stereocenters. The highest BCUT2D eigenvalue weighted by atomic mass is 79.9. The van der Waals surface area contributed by atoms with E-state index >= 15 is 0 Å². The summed E-state index contributed by atoms with van der Waals surface area (Å²) in [6.07, 6.45) is 7.20. The molecule has 0 amide bonds. The molecule has 0 saturated carbocycles. The van der Waals surface area contributed by atoms with Crippen LogP contribution in [0, 0.1) is 0 Å². The number of hydrogen-bond donors (Lipinski definition) is 0. The van der Waals surface area contributed by atoms with Gasteiger partial charge < -0.3 is 4.90 Å². The van der Waals surface area contributed by atoms with Crippen LogP contribution in [0.1, 0.15) is 43.1 Å². The van der Waals surface area contributed by atoms with Gasteiger partial charge in [0.25, 0.3) is 0 Å². The zero-order valence-electron chi connectivity index (χ0n) is 10.5. The molecule has 1 unspecified atom stereocenters. The number of likely N-dealkylation sites (tertiary alicyclic amines) is 1. The van der Waals surface area contributed by atoms with E-state index < -0.39 is 0 Å². The Bertz CT molecular complexity index is 333. The number of alkyl halides is 1. The molecular weight excluding hydrogens is 280 g/mol. The van der Waals surface area contributed by atoms with Gasteiger partial charge in [-0.1, -0.05) is 34.5 Å². The molecule has 0 spiro atoms. The summed E-state index contributed by atoms with van der Waals surface area (Å²) in [5.74, 6) is 0. The Labute approximate surface area is 111 Å². The summed E-state index contributed by atoms with van der Waals surface area (Å²) >= 11 is 3.60. The molecule has 0 N–H and O–H groups in total. The van der Waals surface area contributed by atoms with Crippen molar-refractivity contribution >= 4 is 15.9 Å². The van der Waals surface area contributed by atoms with E-state index in [0.29, 0.717) is 4.83 Å². The van der Waals surface area contributed by atoms with Crippen LogP contribution in [0.2, 0.25) is 0 Å². The first kappa shape index (κ1) is 13.0. The lowest BCUT2D eigenvalue weighted by Crippen LogP contribution is -2.32. The first-order chi connectivity index (χ1) is 8.29. The molecule has 1 fully saturated rings. The average molecular weight is 301 g/mol. The predicted molar refractivity (Wildman–Crippen MR) is 72.3 cm³/mol. The van der Waals surface area contributed by atoms with Crippen LogP contribution in [-0.4, -0.2) is 39.5 Å². The minimum atomic E-state index is 0.339. The van der Waals surface area contributed by atoms with E-state index in [2.05, 4.69) is 44.3 Å². The Morgan fingerprint density at radius 1 is 1.29 bits per heavy atom. The molecule has 1 aliphatic rings. The van der Waals surface area contributed by atoms with Crippen LogP contribution in [0.15, 0.2) is 6.20 Å². The number of halogens is 1. The molecule has 1 aromatic heterocycles. The number of rotatable bonds is 5. The zero-order chi connectivity index (χ0) is 12.1. The summed E-state index contributed by atoms with van der Waals surface area (Å²) in [7, 11) is 0. The fraction of sp³-hybridized carbons (Fsp3) is 0.833. The van der Waals surface area contributed by atoms with Crippen LogP contribution in [0.5, 0.6) is 0 Å². The van der Waals surface area contributed by atoms with Gasteiger partial charge in [-0.05, 0) is 32.4 Å². The largest absolute Gasteiger partial charge is 0.301 e. The standard InChI is InChI=1S/C12H21BrN4/c1-2-11(13)12-10-17(15-14-12)9-8-16-6-4-3-5-7-16/h10-11H,2-9H2,1H3. The lowest BCUT2D eigenvalue weighted by atomic mass is 10.1. The van der Waals surface area contributed by atoms with Gasteiger partial charge in [0.2, 0.25) is 0 Å². The molecule has 17 heavy (non-hydrogen) atoms. The first-order valence-corrected chi connectivity index (χ1v) is 7.47. The fourth-order valence-corrected chi connectivity index (χ4v) is 2.41. The molecule has 0 aromatic carbocycles. The average Bonchev–Trinajstić information content (AvgIpc) is 2.85. The molecule has 96 valence electrons. The molecule has 1 saturated heterocycles. The molecule has 2 heterocycles. The van der Waals surface area contributed by atoms with Gasteiger partial charge in [0, 0.05) is 12.7 Å². The molecule has 1 aromatic rings. The second-order valence-electron chi connectivity index (χ2n) is 4.68. The van der Waals surface area contributed by atoms with E-state index in [1.807, 2.05) is 4.68 Å². The van der Waals surface area contributed by atoms with Crippen molar-refractivity contribution in [3.63, 3.8) is 0 Å². The van der Waals surface area contributed by atoms with Gasteiger partial charge in [-0.2, -0.15) is 0 Å². The Morgan fingerprint density at radius 3 is 2.76 bits per heavy atom. The smallest absolute Gasteiger partial charge is 0.0963 e. The molecule has 1 aliphatic heterocycles. The third kappa shape index (κ3) is 3.78. The maximum atomic E-state index is 4.20. The lowest BCUT2D eigenvalue weighted by molar-refractivity contribution is 0.217. The summed E-state index contributed by atoms with van der Waals surface area (Å²) in [6.45, 7) is 6.69. The van der Waals surface area contributed by atoms with Crippen molar-refractivity contribution in [1.82, 2.24) is 19.9 Å². The third-order valence-electron chi connectivity index (χ3n) is 3.33. The van der Waals surface area contributed by atoms with E-state index in [1.54, 1.807) is 0 Å². The molecule has 4 nitrogen and oxygen atoms in total. The monoisotopic (exact) mass is 300 g/mol. The fourth-order valence-electron chi connectivity index (χ4n) is 2.20. The highest BCUT2D eigenvalue weighted by molar-refractivity contribution is 9.09. The number of nitrogens with zero attached hydrogens (tertiary/aromatic N) is 4. The topological polar surface area (TPSA) is 34.0 Å². The summed E-state index contributed by atoms with van der Waals surface area (Å²) < 4.78 is 1.97. The minimum absolute atomic E-state index is 0.339. The number of hydrogen-bond acceptors (Lipinski definition) is 3. The van der Waals surface area contributed by atoms with Gasteiger partial charge in [0.05, 0.1) is 17.1 Å². The quantitative estimate of drug-likeness (QED) is 0.784. The number of aromatic nitrogens is 3. The van der Waals surface area contributed by atoms with Crippen LogP contribution in [0.3, 0.4) is 0 Å². The maximum absolute atomic E-state index is 4.20. The van der Waals surface area contributed by atoms with Gasteiger partial charge >= 0.3 is 0 Å². The van der Waals surface area contributed by atoms with Crippen molar-refractivity contribution in [2.24, 2.45) is 0 Å². The summed E-state index contributed by atoms with van der Waals surface area (Å²) in [5, 5.41) is 8.38. The van der Waals surface area contributed by atoms with E-state index in [1.165, 1.54) is 32.4 Å². The van der Waals surface area contributed by atoms with E-state index in [-0.39, 0.29) is 0 Å². The Balaban J connectivity index is 1.80. The van der Waals surface area contributed by atoms with E-state index in [4.69, 9.17) is 0 Å². The van der Waals surface area contributed by atoms with Gasteiger partial charge in [-0.25, -0.2) is 0 Å². The molecule has 0 radical (unpaired) electrons. The summed E-state index contributed by atoms with van der Waals surface area (Å²) in [4.78, 5) is 2.86. The van der Waals surface area contributed by atoms with Gasteiger partial charge in [0.1, 0.15) is 0 Å². The third-order valence-corrected chi connectivity index (χ3v) is 4.45. The van der Waals surface area contributed by atoms with Crippen LogP contribution in [-0.2, 0) is 6.54 Å². The Kier molecular flexibility index (Phi) is 4.98. The molecule has 0 bridgehead atoms. The molecule has 0 aliphatic carbocycles. The molecule has 5 heteroatoms. The Morgan fingerprint density at radius 2 is 2.06 bits per heavy atom. The van der Waals surface area contributed by atoms with Crippen LogP contribution < -0.4 is 0 Å². The van der Waals surface area contributed by atoms with Gasteiger partial charge in [-0.3, -0.25) is 4.68 Å².